The van der Waals surface area contributed by atoms with Crippen LogP contribution in [0.5, 0.6) is 0 Å². The molecule has 0 spiro atoms. The molecule has 0 amide bonds. The van der Waals surface area contributed by atoms with Crippen molar-refractivity contribution in [1.82, 2.24) is 10.0 Å². The molecule has 2 rings (SSSR count). The van der Waals surface area contributed by atoms with Crippen LogP contribution in [0.3, 0.4) is 0 Å². The Morgan fingerprint density at radius 3 is 2.71 bits per heavy atom. The molecule has 1 saturated carbocycles. The zero-order chi connectivity index (χ0) is 12.5. The van der Waals surface area contributed by atoms with Crippen molar-refractivity contribution >= 4 is 16.2 Å². The number of nitrogens with zero attached hydrogens (tertiary/aromatic N) is 1. The van der Waals surface area contributed by atoms with E-state index in [1.54, 1.807) is 19.3 Å². The number of rotatable bonds is 5. The molecular weight excluding hydrogens is 242 g/mol. The van der Waals surface area contributed by atoms with Crippen LogP contribution in [0.4, 0.5) is 0 Å². The van der Waals surface area contributed by atoms with Crippen LogP contribution in [0.2, 0.25) is 0 Å². The maximum absolute atomic E-state index is 11.2. The molecule has 0 saturated heterocycles. The standard InChI is InChI=1S/C10H17N3O3S/c1-11-9-8(16-7-3-4-7)5-6-12-10(9)13-17(2,14)15/h5-7,9-11,13H,3-4H2,1-2H3. The first-order valence-electron chi connectivity index (χ1n) is 5.54. The molecule has 1 heterocycles. The number of aliphatic imine (C=N–C) groups is 1. The van der Waals surface area contributed by atoms with E-state index in [4.69, 9.17) is 4.74 Å². The fraction of sp³-hybridized carbons (Fsp3) is 0.700. The Balaban J connectivity index is 2.08. The van der Waals surface area contributed by atoms with Gasteiger partial charge in [0.1, 0.15) is 18.0 Å². The van der Waals surface area contributed by atoms with E-state index in [0.717, 1.165) is 24.9 Å². The third-order valence-electron chi connectivity index (χ3n) is 2.58. The van der Waals surface area contributed by atoms with E-state index in [1.807, 2.05) is 0 Å². The molecule has 6 nitrogen and oxygen atoms in total. The number of likely N-dealkylation sites (N-methyl/N-ethyl adjacent to an activating group) is 1. The van der Waals surface area contributed by atoms with E-state index >= 15 is 0 Å². The number of sulfonamides is 1. The fourth-order valence-electron chi connectivity index (χ4n) is 1.66. The number of hydrogen-bond acceptors (Lipinski definition) is 5. The molecule has 7 heteroatoms. The van der Waals surface area contributed by atoms with Crippen molar-refractivity contribution in [3.8, 4) is 0 Å². The second-order valence-electron chi connectivity index (χ2n) is 4.29. The molecule has 96 valence electrons. The Morgan fingerprint density at radius 2 is 2.18 bits per heavy atom. The molecule has 0 aromatic heterocycles. The second kappa shape index (κ2) is 4.75. The predicted molar refractivity (Wildman–Crippen MR) is 65.3 cm³/mol. The zero-order valence-corrected chi connectivity index (χ0v) is 10.7. The SMILES string of the molecule is CNC1C(OC2CC2)=CC=NC1NS(C)(=O)=O. The Hall–Kier alpha value is -0.920. The van der Waals surface area contributed by atoms with E-state index in [2.05, 4.69) is 15.0 Å². The smallest absolute Gasteiger partial charge is 0.210 e. The van der Waals surface area contributed by atoms with Gasteiger partial charge in [-0.2, -0.15) is 4.72 Å². The van der Waals surface area contributed by atoms with Crippen LogP contribution in [0.15, 0.2) is 16.8 Å². The van der Waals surface area contributed by atoms with Gasteiger partial charge in [0.05, 0.1) is 12.4 Å². The highest BCUT2D eigenvalue weighted by molar-refractivity contribution is 7.88. The molecule has 0 bridgehead atoms. The topological polar surface area (TPSA) is 79.8 Å². The quantitative estimate of drug-likeness (QED) is 0.704. The molecule has 0 radical (unpaired) electrons. The van der Waals surface area contributed by atoms with Gasteiger partial charge < -0.3 is 10.1 Å². The van der Waals surface area contributed by atoms with Crippen LogP contribution in [-0.4, -0.2) is 46.2 Å². The molecule has 0 aromatic rings. The molecule has 2 atom stereocenters. The van der Waals surface area contributed by atoms with Crippen LogP contribution < -0.4 is 10.0 Å². The molecule has 17 heavy (non-hydrogen) atoms. The summed E-state index contributed by atoms with van der Waals surface area (Å²) in [6.45, 7) is 0. The lowest BCUT2D eigenvalue weighted by molar-refractivity contribution is 0.164. The number of ether oxygens (including phenoxy) is 1. The van der Waals surface area contributed by atoms with Gasteiger partial charge in [0.15, 0.2) is 0 Å². The molecule has 1 aliphatic heterocycles. The van der Waals surface area contributed by atoms with Crippen molar-refractivity contribution in [2.45, 2.75) is 31.2 Å². The highest BCUT2D eigenvalue weighted by Crippen LogP contribution is 2.28. The van der Waals surface area contributed by atoms with Gasteiger partial charge in [0, 0.05) is 6.21 Å². The van der Waals surface area contributed by atoms with Gasteiger partial charge in [-0.1, -0.05) is 0 Å². The van der Waals surface area contributed by atoms with Crippen LogP contribution in [0, 0.1) is 0 Å². The van der Waals surface area contributed by atoms with Crippen molar-refractivity contribution in [1.29, 1.82) is 0 Å². The largest absolute Gasteiger partial charge is 0.493 e. The van der Waals surface area contributed by atoms with E-state index in [0.29, 0.717) is 0 Å². The number of allylic oxidation sites excluding steroid dienone is 1. The molecule has 2 aliphatic rings. The first kappa shape index (κ1) is 12.5. The highest BCUT2D eigenvalue weighted by atomic mass is 32.2. The van der Waals surface area contributed by atoms with Crippen molar-refractivity contribution in [3.05, 3.63) is 11.8 Å². The fourth-order valence-corrected chi connectivity index (χ4v) is 2.30. The Kier molecular flexibility index (Phi) is 3.50. The second-order valence-corrected chi connectivity index (χ2v) is 6.07. The summed E-state index contributed by atoms with van der Waals surface area (Å²) in [7, 11) is -1.53. The van der Waals surface area contributed by atoms with Gasteiger partial charge in [-0.15, -0.1) is 0 Å². The lowest BCUT2D eigenvalue weighted by Crippen LogP contribution is -2.50. The van der Waals surface area contributed by atoms with Crippen molar-refractivity contribution in [2.24, 2.45) is 4.99 Å². The van der Waals surface area contributed by atoms with E-state index < -0.39 is 16.2 Å². The summed E-state index contributed by atoms with van der Waals surface area (Å²) < 4.78 is 30.7. The van der Waals surface area contributed by atoms with Gasteiger partial charge in [-0.25, -0.2) is 8.42 Å². The van der Waals surface area contributed by atoms with Crippen LogP contribution >= 0.6 is 0 Å². The summed E-state index contributed by atoms with van der Waals surface area (Å²) in [5.41, 5.74) is 0. The molecule has 0 aromatic carbocycles. The van der Waals surface area contributed by atoms with Gasteiger partial charge in [0.25, 0.3) is 0 Å². The third-order valence-corrected chi connectivity index (χ3v) is 3.25. The Bertz CT molecular complexity index is 440. The highest BCUT2D eigenvalue weighted by Gasteiger charge is 2.33. The lowest BCUT2D eigenvalue weighted by atomic mass is 10.1. The average Bonchev–Trinajstić information content (AvgIpc) is 2.99. The lowest BCUT2D eigenvalue weighted by Gasteiger charge is -2.28. The predicted octanol–water partition coefficient (Wildman–Crippen LogP) is -0.403. The summed E-state index contributed by atoms with van der Waals surface area (Å²) >= 11 is 0. The number of dihydropyridines is 1. The molecule has 2 unspecified atom stereocenters. The number of hydrogen-bond donors (Lipinski definition) is 2. The first-order valence-corrected chi connectivity index (χ1v) is 7.43. The minimum Gasteiger partial charge on any atom is -0.493 e. The molecular formula is C10H17N3O3S. The maximum atomic E-state index is 11.2. The van der Waals surface area contributed by atoms with Crippen molar-refractivity contribution < 1.29 is 13.2 Å². The summed E-state index contributed by atoms with van der Waals surface area (Å²) in [5.74, 6) is 0.742. The maximum Gasteiger partial charge on any atom is 0.210 e. The van der Waals surface area contributed by atoms with E-state index in [1.165, 1.54) is 0 Å². The van der Waals surface area contributed by atoms with Gasteiger partial charge in [-0.05, 0) is 26.0 Å². The molecule has 1 aliphatic carbocycles. The summed E-state index contributed by atoms with van der Waals surface area (Å²) in [6, 6.07) is -0.254. The van der Waals surface area contributed by atoms with Crippen LogP contribution in [0.25, 0.3) is 0 Å². The zero-order valence-electron chi connectivity index (χ0n) is 9.88. The van der Waals surface area contributed by atoms with Crippen molar-refractivity contribution in [2.75, 3.05) is 13.3 Å². The summed E-state index contributed by atoms with van der Waals surface area (Å²) in [5, 5.41) is 3.03. The summed E-state index contributed by atoms with van der Waals surface area (Å²) in [6.07, 6.45) is 6.34. The summed E-state index contributed by atoms with van der Waals surface area (Å²) in [4.78, 5) is 4.11. The van der Waals surface area contributed by atoms with Crippen LogP contribution in [0.1, 0.15) is 12.8 Å². The van der Waals surface area contributed by atoms with E-state index in [-0.39, 0.29) is 12.1 Å². The molecule has 1 fully saturated rings. The monoisotopic (exact) mass is 259 g/mol. The Labute approximate surface area is 101 Å². The minimum absolute atomic E-state index is 0.254. The van der Waals surface area contributed by atoms with Crippen LogP contribution in [-0.2, 0) is 14.8 Å². The van der Waals surface area contributed by atoms with Gasteiger partial charge in [-0.3, -0.25) is 4.99 Å². The third kappa shape index (κ3) is 3.52. The van der Waals surface area contributed by atoms with Gasteiger partial charge >= 0.3 is 0 Å². The first-order chi connectivity index (χ1) is 7.99. The van der Waals surface area contributed by atoms with Crippen molar-refractivity contribution in [3.63, 3.8) is 0 Å². The number of nitrogens with one attached hydrogen (secondary N) is 2. The Morgan fingerprint density at radius 1 is 1.47 bits per heavy atom. The normalized spacial score (nSPS) is 28.9. The van der Waals surface area contributed by atoms with Gasteiger partial charge in [0.2, 0.25) is 10.0 Å². The molecule has 2 N–H and O–H groups in total. The minimum atomic E-state index is -3.29. The van der Waals surface area contributed by atoms with E-state index in [9.17, 15) is 8.42 Å². The average molecular weight is 259 g/mol.